The van der Waals surface area contributed by atoms with Gasteiger partial charge in [-0.25, -0.2) is 4.98 Å². The maximum absolute atomic E-state index is 11.6. The number of likely N-dealkylation sites (tertiary alicyclic amines) is 1. The van der Waals surface area contributed by atoms with Gasteiger partial charge in [0.25, 0.3) is 12.9 Å². The van der Waals surface area contributed by atoms with E-state index in [0.29, 0.717) is 13.1 Å². The summed E-state index contributed by atoms with van der Waals surface area (Å²) in [6.45, 7) is 7.70. The summed E-state index contributed by atoms with van der Waals surface area (Å²) in [6.07, 6.45) is 6.62. The summed E-state index contributed by atoms with van der Waals surface area (Å²) in [5, 5.41) is 24.9. The maximum atomic E-state index is 11.6. The van der Waals surface area contributed by atoms with Gasteiger partial charge in [0.05, 0.1) is 12.1 Å². The van der Waals surface area contributed by atoms with E-state index in [-0.39, 0.29) is 18.9 Å². The molecule has 31 heavy (non-hydrogen) atoms. The van der Waals surface area contributed by atoms with Crippen molar-refractivity contribution in [1.29, 1.82) is 0 Å². The Bertz CT molecular complexity index is 679. The summed E-state index contributed by atoms with van der Waals surface area (Å²) in [6, 6.07) is 0. The lowest BCUT2D eigenvalue weighted by Crippen LogP contribution is -2.54. The number of carbonyl (C=O) groups is 3. The topological polar surface area (TPSA) is 139 Å². The van der Waals surface area contributed by atoms with Crippen LogP contribution >= 0.6 is 0 Å². The fourth-order valence-corrected chi connectivity index (χ4v) is 4.08. The molecule has 1 aromatic heterocycles. The largest absolute Gasteiger partial charge is 0.483 e. The standard InChI is InChI=1S/C18H31N5O2.2CH2O2/c1-16(24)23-9-4-8-21(11-12-23)14-18(25)5-3-7-22(15-18)13-17-19-6-10-20(17)2;2*2-1-3/h6,10,25H,3-5,7-9,11-15H2,1-2H3;2*1H,(H,2,3). The average molecular weight is 442 g/mol. The normalized spacial score (nSPS) is 22.2. The Morgan fingerprint density at radius 3 is 2.32 bits per heavy atom. The van der Waals surface area contributed by atoms with Gasteiger partial charge in [-0.3, -0.25) is 24.2 Å². The molecule has 0 spiro atoms. The molecular formula is C20H35N5O6. The lowest BCUT2D eigenvalue weighted by Gasteiger charge is -2.41. The number of nitrogens with zero attached hydrogens (tertiary/aromatic N) is 5. The molecule has 0 bridgehead atoms. The van der Waals surface area contributed by atoms with Gasteiger partial charge in [-0.2, -0.15) is 0 Å². The number of aliphatic hydroxyl groups is 1. The van der Waals surface area contributed by atoms with Gasteiger partial charge in [-0.05, 0) is 25.8 Å². The first-order valence-electron chi connectivity index (χ1n) is 10.3. The summed E-state index contributed by atoms with van der Waals surface area (Å²) < 4.78 is 2.04. The number of carbonyl (C=O) groups excluding carboxylic acids is 1. The second-order valence-corrected chi connectivity index (χ2v) is 7.84. The van der Waals surface area contributed by atoms with Gasteiger partial charge in [0.2, 0.25) is 5.91 Å². The van der Waals surface area contributed by atoms with E-state index in [2.05, 4.69) is 14.8 Å². The third kappa shape index (κ3) is 9.45. The van der Waals surface area contributed by atoms with Crippen LogP contribution in [0.1, 0.15) is 32.0 Å². The molecule has 2 fully saturated rings. The molecule has 1 aromatic rings. The SMILES string of the molecule is CC(=O)N1CCCN(CC2(O)CCCN(Cc3nccn3C)C2)CC1.O=CO.O=CO. The highest BCUT2D eigenvalue weighted by molar-refractivity contribution is 5.73. The van der Waals surface area contributed by atoms with Crippen LogP contribution in [0.3, 0.4) is 0 Å². The monoisotopic (exact) mass is 441 g/mol. The van der Waals surface area contributed by atoms with Crippen LogP contribution in [0.4, 0.5) is 0 Å². The molecule has 2 saturated heterocycles. The summed E-state index contributed by atoms with van der Waals surface area (Å²) >= 11 is 0. The summed E-state index contributed by atoms with van der Waals surface area (Å²) in [5.41, 5.74) is -0.672. The van der Waals surface area contributed by atoms with Crippen molar-refractivity contribution in [3.63, 3.8) is 0 Å². The van der Waals surface area contributed by atoms with Crippen molar-refractivity contribution in [2.24, 2.45) is 7.05 Å². The number of piperidine rings is 1. The number of imidazole rings is 1. The molecule has 0 aliphatic carbocycles. The predicted molar refractivity (Wildman–Crippen MR) is 113 cm³/mol. The third-order valence-electron chi connectivity index (χ3n) is 5.47. The molecule has 0 saturated carbocycles. The molecule has 11 nitrogen and oxygen atoms in total. The van der Waals surface area contributed by atoms with E-state index in [1.165, 1.54) is 0 Å². The lowest BCUT2D eigenvalue weighted by atomic mass is 9.92. The van der Waals surface area contributed by atoms with Crippen LogP contribution in [0.2, 0.25) is 0 Å². The Balaban J connectivity index is 0.000000720. The highest BCUT2D eigenvalue weighted by Gasteiger charge is 2.35. The zero-order valence-corrected chi connectivity index (χ0v) is 18.4. The second-order valence-electron chi connectivity index (χ2n) is 7.84. The Hall–Kier alpha value is -2.50. The van der Waals surface area contributed by atoms with Gasteiger partial charge >= 0.3 is 0 Å². The van der Waals surface area contributed by atoms with E-state index in [0.717, 1.165) is 64.4 Å². The maximum Gasteiger partial charge on any atom is 0.290 e. The molecule has 1 unspecified atom stereocenters. The molecule has 3 heterocycles. The first-order chi connectivity index (χ1) is 14.8. The number of β-amino-alcohol motifs (C(OH)–C–C–N with tert-alkyl or cyclic N) is 1. The zero-order valence-electron chi connectivity index (χ0n) is 18.4. The van der Waals surface area contributed by atoms with E-state index in [1.54, 1.807) is 6.92 Å². The van der Waals surface area contributed by atoms with Crippen LogP contribution in [0, 0.1) is 0 Å². The lowest BCUT2D eigenvalue weighted by molar-refractivity contribution is -0.128. The van der Waals surface area contributed by atoms with Crippen molar-refractivity contribution in [3.05, 3.63) is 18.2 Å². The van der Waals surface area contributed by atoms with Crippen LogP contribution in [-0.4, -0.2) is 110 Å². The Morgan fingerprint density at radius 2 is 1.74 bits per heavy atom. The first-order valence-corrected chi connectivity index (χ1v) is 10.3. The number of aromatic nitrogens is 2. The highest BCUT2D eigenvalue weighted by Crippen LogP contribution is 2.24. The van der Waals surface area contributed by atoms with Crippen molar-refractivity contribution in [1.82, 2.24) is 24.3 Å². The van der Waals surface area contributed by atoms with Crippen LogP contribution in [0.25, 0.3) is 0 Å². The summed E-state index contributed by atoms with van der Waals surface area (Å²) in [4.78, 5) is 39.3. The molecule has 1 amide bonds. The van der Waals surface area contributed by atoms with Crippen LogP contribution in [-0.2, 0) is 28.0 Å². The van der Waals surface area contributed by atoms with Crippen LogP contribution < -0.4 is 0 Å². The van der Waals surface area contributed by atoms with Crippen molar-refractivity contribution in [2.45, 2.75) is 38.3 Å². The second kappa shape index (κ2) is 13.7. The minimum Gasteiger partial charge on any atom is -0.483 e. The van der Waals surface area contributed by atoms with Crippen LogP contribution in [0.5, 0.6) is 0 Å². The minimum atomic E-state index is -0.672. The Morgan fingerprint density at radius 1 is 1.10 bits per heavy atom. The molecule has 1 atom stereocenters. The number of aryl methyl sites for hydroxylation is 1. The van der Waals surface area contributed by atoms with E-state index < -0.39 is 5.60 Å². The number of amides is 1. The number of rotatable bonds is 4. The van der Waals surface area contributed by atoms with Gasteiger partial charge in [0.1, 0.15) is 5.82 Å². The third-order valence-corrected chi connectivity index (χ3v) is 5.47. The number of hydrogen-bond acceptors (Lipinski definition) is 7. The highest BCUT2D eigenvalue weighted by atomic mass is 16.3. The molecule has 3 N–H and O–H groups in total. The van der Waals surface area contributed by atoms with Gasteiger partial charge in [-0.1, -0.05) is 0 Å². The molecule has 3 rings (SSSR count). The van der Waals surface area contributed by atoms with E-state index >= 15 is 0 Å². The fourth-order valence-electron chi connectivity index (χ4n) is 4.08. The van der Waals surface area contributed by atoms with E-state index in [9.17, 15) is 9.90 Å². The quantitative estimate of drug-likeness (QED) is 0.537. The van der Waals surface area contributed by atoms with E-state index in [1.807, 2.05) is 28.9 Å². The molecule has 11 heteroatoms. The summed E-state index contributed by atoms with van der Waals surface area (Å²) in [5.74, 6) is 1.19. The molecule has 0 radical (unpaired) electrons. The molecule has 176 valence electrons. The van der Waals surface area contributed by atoms with Gasteiger partial charge in [0.15, 0.2) is 0 Å². The first kappa shape index (κ1) is 26.5. The van der Waals surface area contributed by atoms with Crippen molar-refractivity contribution < 1.29 is 29.7 Å². The van der Waals surface area contributed by atoms with Crippen molar-refractivity contribution in [2.75, 3.05) is 45.8 Å². The Kier molecular flexibility index (Phi) is 11.8. The fraction of sp³-hybridized carbons (Fsp3) is 0.700. The smallest absolute Gasteiger partial charge is 0.290 e. The minimum absolute atomic E-state index is 0.152. The zero-order chi connectivity index (χ0) is 23.3. The molecule has 2 aliphatic heterocycles. The molecule has 0 aromatic carbocycles. The van der Waals surface area contributed by atoms with Gasteiger partial charge in [-0.15, -0.1) is 0 Å². The number of hydrogen-bond donors (Lipinski definition) is 3. The molecule has 2 aliphatic rings. The Labute approximate surface area is 182 Å². The average Bonchev–Trinajstić information content (AvgIpc) is 2.95. The number of carboxylic acid groups (broad SMARTS) is 2. The van der Waals surface area contributed by atoms with Crippen LogP contribution in [0.15, 0.2) is 12.4 Å². The van der Waals surface area contributed by atoms with Crippen molar-refractivity contribution in [3.8, 4) is 0 Å². The predicted octanol–water partition coefficient (Wildman–Crippen LogP) is -0.297. The van der Waals surface area contributed by atoms with Gasteiger partial charge < -0.3 is 24.8 Å². The van der Waals surface area contributed by atoms with Gasteiger partial charge in [0, 0.05) is 65.6 Å². The van der Waals surface area contributed by atoms with E-state index in [4.69, 9.17) is 19.8 Å². The summed E-state index contributed by atoms with van der Waals surface area (Å²) in [7, 11) is 2.01. The molecular weight excluding hydrogens is 406 g/mol. The van der Waals surface area contributed by atoms with Crippen molar-refractivity contribution >= 4 is 18.9 Å².